The van der Waals surface area contributed by atoms with Crippen LogP contribution in [0.1, 0.15) is 31.4 Å². The fraction of sp³-hybridized carbons (Fsp3) is 0.818. The SMILES string of the molecule is FC(F)(F)COC1CCCC(NCc2csnn2)C1. The molecule has 0 bridgehead atoms. The predicted octanol–water partition coefficient (Wildman–Crippen LogP) is 2.52. The van der Waals surface area contributed by atoms with E-state index in [0.29, 0.717) is 19.4 Å². The maximum atomic E-state index is 12.1. The van der Waals surface area contributed by atoms with Gasteiger partial charge in [0.05, 0.1) is 11.8 Å². The zero-order chi connectivity index (χ0) is 13.7. The van der Waals surface area contributed by atoms with Gasteiger partial charge in [-0.05, 0) is 37.2 Å². The van der Waals surface area contributed by atoms with Gasteiger partial charge < -0.3 is 10.1 Å². The van der Waals surface area contributed by atoms with Crippen molar-refractivity contribution in [3.05, 3.63) is 11.1 Å². The van der Waals surface area contributed by atoms with E-state index in [-0.39, 0.29) is 12.1 Å². The standard InChI is InChI=1S/C11H16F3N3OS/c12-11(13,14)7-18-10-3-1-2-8(4-10)15-5-9-6-19-17-16-9/h6,8,10,15H,1-5,7H2. The minimum atomic E-state index is -4.24. The van der Waals surface area contributed by atoms with Crippen molar-refractivity contribution in [1.29, 1.82) is 0 Å². The number of aromatic nitrogens is 2. The first-order valence-corrected chi connectivity index (χ1v) is 7.04. The van der Waals surface area contributed by atoms with E-state index < -0.39 is 12.8 Å². The van der Waals surface area contributed by atoms with Crippen LogP contribution in [0.25, 0.3) is 0 Å². The second-order valence-corrected chi connectivity index (χ2v) is 5.30. The van der Waals surface area contributed by atoms with Crippen LogP contribution in [-0.2, 0) is 11.3 Å². The van der Waals surface area contributed by atoms with Gasteiger partial charge in [-0.2, -0.15) is 13.2 Å². The second kappa shape index (κ2) is 6.62. The van der Waals surface area contributed by atoms with Crippen molar-refractivity contribution in [3.63, 3.8) is 0 Å². The van der Waals surface area contributed by atoms with Crippen LogP contribution in [0.5, 0.6) is 0 Å². The lowest BCUT2D eigenvalue weighted by Crippen LogP contribution is -2.37. The maximum absolute atomic E-state index is 12.1. The Balaban J connectivity index is 1.71. The molecule has 1 fully saturated rings. The zero-order valence-electron chi connectivity index (χ0n) is 10.3. The van der Waals surface area contributed by atoms with Gasteiger partial charge in [0.2, 0.25) is 0 Å². The normalized spacial score (nSPS) is 24.6. The van der Waals surface area contributed by atoms with E-state index in [1.54, 1.807) is 0 Å². The van der Waals surface area contributed by atoms with Crippen molar-refractivity contribution in [3.8, 4) is 0 Å². The van der Waals surface area contributed by atoms with E-state index in [9.17, 15) is 13.2 Å². The van der Waals surface area contributed by atoms with Crippen LogP contribution in [0.4, 0.5) is 13.2 Å². The summed E-state index contributed by atoms with van der Waals surface area (Å²) in [5.74, 6) is 0. The first-order valence-electron chi connectivity index (χ1n) is 6.20. The molecule has 0 radical (unpaired) electrons. The minimum absolute atomic E-state index is 0.189. The molecule has 0 spiro atoms. The van der Waals surface area contributed by atoms with Crippen molar-refractivity contribution in [2.24, 2.45) is 0 Å². The molecule has 1 aromatic heterocycles. The van der Waals surface area contributed by atoms with Crippen molar-refractivity contribution in [1.82, 2.24) is 14.9 Å². The number of alkyl halides is 3. The summed E-state index contributed by atoms with van der Waals surface area (Å²) >= 11 is 1.29. The molecule has 0 aromatic carbocycles. The van der Waals surface area contributed by atoms with Crippen LogP contribution in [-0.4, -0.2) is 34.5 Å². The van der Waals surface area contributed by atoms with Crippen molar-refractivity contribution in [2.45, 2.75) is 50.6 Å². The van der Waals surface area contributed by atoms with E-state index in [4.69, 9.17) is 4.74 Å². The van der Waals surface area contributed by atoms with Gasteiger partial charge in [-0.15, -0.1) is 5.10 Å². The Bertz CT molecular complexity index is 372. The molecule has 1 saturated carbocycles. The van der Waals surface area contributed by atoms with E-state index >= 15 is 0 Å². The fourth-order valence-corrected chi connectivity index (χ4v) is 2.66. The van der Waals surface area contributed by atoms with Crippen molar-refractivity contribution >= 4 is 11.5 Å². The summed E-state index contributed by atoms with van der Waals surface area (Å²) in [4.78, 5) is 0. The predicted molar refractivity (Wildman–Crippen MR) is 64.8 cm³/mol. The topological polar surface area (TPSA) is 47.0 Å². The summed E-state index contributed by atoms with van der Waals surface area (Å²) in [6.07, 6.45) is -1.38. The molecule has 2 unspecified atom stereocenters. The van der Waals surface area contributed by atoms with Gasteiger partial charge in [0.25, 0.3) is 0 Å². The molecule has 2 rings (SSSR count). The van der Waals surface area contributed by atoms with Gasteiger partial charge in [0, 0.05) is 18.0 Å². The highest BCUT2D eigenvalue weighted by Gasteiger charge is 2.31. The van der Waals surface area contributed by atoms with Crippen molar-refractivity contribution < 1.29 is 17.9 Å². The molecular weight excluding hydrogens is 279 g/mol. The van der Waals surface area contributed by atoms with E-state index in [2.05, 4.69) is 14.9 Å². The Kier molecular flexibility index (Phi) is 5.12. The molecule has 19 heavy (non-hydrogen) atoms. The largest absolute Gasteiger partial charge is 0.411 e. The minimum Gasteiger partial charge on any atom is -0.369 e. The molecule has 0 aliphatic heterocycles. The number of hydrogen-bond donors (Lipinski definition) is 1. The van der Waals surface area contributed by atoms with Crippen LogP contribution < -0.4 is 5.32 Å². The second-order valence-electron chi connectivity index (χ2n) is 4.69. The number of rotatable bonds is 5. The zero-order valence-corrected chi connectivity index (χ0v) is 11.1. The Labute approximate surface area is 113 Å². The van der Waals surface area contributed by atoms with Gasteiger partial charge in [-0.3, -0.25) is 0 Å². The average molecular weight is 295 g/mol. The van der Waals surface area contributed by atoms with E-state index in [1.165, 1.54) is 11.5 Å². The molecular formula is C11H16F3N3OS. The quantitative estimate of drug-likeness (QED) is 0.906. The third-order valence-electron chi connectivity index (χ3n) is 3.09. The average Bonchev–Trinajstić information content (AvgIpc) is 2.87. The molecule has 1 heterocycles. The summed E-state index contributed by atoms with van der Waals surface area (Å²) in [5.41, 5.74) is 0.864. The summed E-state index contributed by atoms with van der Waals surface area (Å²) in [6, 6.07) is 0.189. The molecule has 1 aromatic rings. The summed E-state index contributed by atoms with van der Waals surface area (Å²) < 4.78 is 44.9. The Hall–Kier alpha value is -0.730. The first-order chi connectivity index (χ1) is 9.03. The third kappa shape index (κ3) is 5.42. The highest BCUT2D eigenvalue weighted by molar-refractivity contribution is 7.03. The lowest BCUT2D eigenvalue weighted by atomic mass is 9.93. The van der Waals surface area contributed by atoms with Gasteiger partial charge in [-0.25, -0.2) is 0 Å². The number of halogens is 3. The Morgan fingerprint density at radius 2 is 2.26 bits per heavy atom. The van der Waals surface area contributed by atoms with Crippen LogP contribution in [0.2, 0.25) is 0 Å². The van der Waals surface area contributed by atoms with Crippen molar-refractivity contribution in [2.75, 3.05) is 6.61 Å². The molecule has 108 valence electrons. The fourth-order valence-electron chi connectivity index (χ4n) is 2.20. The molecule has 4 nitrogen and oxygen atoms in total. The number of hydrogen-bond acceptors (Lipinski definition) is 5. The molecule has 2 atom stereocenters. The van der Waals surface area contributed by atoms with E-state index in [0.717, 1.165) is 18.5 Å². The molecule has 1 N–H and O–H groups in total. The lowest BCUT2D eigenvalue weighted by Gasteiger charge is -2.30. The Morgan fingerprint density at radius 1 is 1.42 bits per heavy atom. The van der Waals surface area contributed by atoms with Gasteiger partial charge in [0.1, 0.15) is 6.61 Å². The van der Waals surface area contributed by atoms with Gasteiger partial charge in [-0.1, -0.05) is 4.49 Å². The number of ether oxygens (including phenoxy) is 1. The van der Waals surface area contributed by atoms with Gasteiger partial charge >= 0.3 is 6.18 Å². The highest BCUT2D eigenvalue weighted by Crippen LogP contribution is 2.24. The summed E-state index contributed by atoms with van der Waals surface area (Å²) in [5, 5.41) is 9.06. The van der Waals surface area contributed by atoms with Crippen LogP contribution in [0.15, 0.2) is 5.38 Å². The van der Waals surface area contributed by atoms with Crippen LogP contribution in [0.3, 0.4) is 0 Å². The Morgan fingerprint density at radius 3 is 2.95 bits per heavy atom. The molecule has 1 aliphatic rings. The molecule has 8 heteroatoms. The van der Waals surface area contributed by atoms with E-state index in [1.807, 2.05) is 5.38 Å². The molecule has 0 saturated heterocycles. The molecule has 0 amide bonds. The smallest absolute Gasteiger partial charge is 0.369 e. The summed E-state index contributed by atoms with van der Waals surface area (Å²) in [7, 11) is 0. The van der Waals surface area contributed by atoms with Crippen LogP contribution >= 0.6 is 11.5 Å². The van der Waals surface area contributed by atoms with Crippen LogP contribution in [0, 0.1) is 0 Å². The lowest BCUT2D eigenvalue weighted by molar-refractivity contribution is -0.188. The highest BCUT2D eigenvalue weighted by atomic mass is 32.1. The number of nitrogens with zero attached hydrogens (tertiary/aromatic N) is 2. The van der Waals surface area contributed by atoms with Gasteiger partial charge in [0.15, 0.2) is 0 Å². The third-order valence-corrected chi connectivity index (χ3v) is 3.64. The maximum Gasteiger partial charge on any atom is 0.411 e. The molecule has 1 aliphatic carbocycles. The monoisotopic (exact) mass is 295 g/mol. The first kappa shape index (κ1) is 14.7. The summed E-state index contributed by atoms with van der Waals surface area (Å²) in [6.45, 7) is -0.548. The number of nitrogens with one attached hydrogen (secondary N) is 1.